The number of carboxylic acid groups (broad SMARTS) is 1. The predicted octanol–water partition coefficient (Wildman–Crippen LogP) is 5.34. The van der Waals surface area contributed by atoms with E-state index < -0.39 is 58.3 Å². The number of ether oxygens (including phenoxy) is 1. The van der Waals surface area contributed by atoms with Crippen molar-refractivity contribution in [3.63, 3.8) is 0 Å². The summed E-state index contributed by atoms with van der Waals surface area (Å²) >= 11 is 5.93. The van der Waals surface area contributed by atoms with Crippen molar-refractivity contribution in [1.82, 2.24) is 5.32 Å². The van der Waals surface area contributed by atoms with Gasteiger partial charge in [-0.2, -0.15) is 13.2 Å². The molecule has 1 aliphatic rings. The third-order valence-corrected chi connectivity index (χ3v) is 8.34. The number of carbonyl (C=O) groups is 4. The lowest BCUT2D eigenvalue weighted by molar-refractivity contribution is -0.156. The molecule has 0 aliphatic heterocycles. The van der Waals surface area contributed by atoms with Crippen LogP contribution in [0, 0.1) is 16.7 Å². The molecule has 3 N–H and O–H groups in total. The number of anilines is 1. The van der Waals surface area contributed by atoms with Gasteiger partial charge in [0.1, 0.15) is 6.04 Å². The van der Waals surface area contributed by atoms with Gasteiger partial charge in [0, 0.05) is 18.0 Å². The van der Waals surface area contributed by atoms with Crippen LogP contribution in [-0.2, 0) is 31.7 Å². The fraction of sp³-hybridized carbons (Fsp3) is 0.429. The number of amides is 2. The fourth-order valence-electron chi connectivity index (χ4n) is 4.98. The van der Waals surface area contributed by atoms with Gasteiger partial charge in [-0.25, -0.2) is 4.79 Å². The molecule has 1 aliphatic carbocycles. The van der Waals surface area contributed by atoms with Gasteiger partial charge >= 0.3 is 18.1 Å². The molecule has 12 heteroatoms. The number of benzene rings is 2. The summed E-state index contributed by atoms with van der Waals surface area (Å²) in [5, 5.41) is 14.8. The number of nitrogens with one attached hydrogen (secondary N) is 2. The fourth-order valence-corrected chi connectivity index (χ4v) is 5.19. The molecule has 0 saturated heterocycles. The Labute approximate surface area is 234 Å². The molecule has 1 unspecified atom stereocenters. The highest BCUT2D eigenvalue weighted by Crippen LogP contribution is 2.56. The molecule has 40 heavy (non-hydrogen) atoms. The van der Waals surface area contributed by atoms with E-state index >= 15 is 0 Å². The van der Waals surface area contributed by atoms with E-state index in [9.17, 15) is 37.5 Å². The van der Waals surface area contributed by atoms with Crippen LogP contribution in [0.1, 0.15) is 55.1 Å². The zero-order valence-corrected chi connectivity index (χ0v) is 23.1. The molecule has 216 valence electrons. The van der Waals surface area contributed by atoms with Gasteiger partial charge in [0.15, 0.2) is 0 Å². The third-order valence-electron chi connectivity index (χ3n) is 8.01. The first-order valence-corrected chi connectivity index (χ1v) is 12.8. The largest absolute Gasteiger partial charge is 0.481 e. The van der Waals surface area contributed by atoms with Gasteiger partial charge in [0.2, 0.25) is 5.91 Å². The van der Waals surface area contributed by atoms with Crippen LogP contribution in [0.5, 0.6) is 0 Å². The number of alkyl halides is 3. The number of methoxy groups -OCH3 is 1. The lowest BCUT2D eigenvalue weighted by atomic mass is 9.65. The van der Waals surface area contributed by atoms with Crippen LogP contribution < -0.4 is 10.6 Å². The van der Waals surface area contributed by atoms with Crippen LogP contribution in [0.3, 0.4) is 0 Å². The number of hydrogen-bond donors (Lipinski definition) is 3. The molecule has 8 nitrogen and oxygen atoms in total. The minimum atomic E-state index is -4.64. The molecule has 1 fully saturated rings. The van der Waals surface area contributed by atoms with Gasteiger partial charge in [-0.15, -0.1) is 0 Å². The van der Waals surface area contributed by atoms with Crippen LogP contribution in [-0.4, -0.2) is 42.0 Å². The summed E-state index contributed by atoms with van der Waals surface area (Å²) in [6, 6.07) is 7.52. The van der Waals surface area contributed by atoms with Crippen molar-refractivity contribution in [3.05, 3.63) is 64.2 Å². The number of carbonyl (C=O) groups excluding carboxylic acids is 3. The number of esters is 1. The van der Waals surface area contributed by atoms with E-state index in [2.05, 4.69) is 10.6 Å². The maximum absolute atomic E-state index is 13.2. The minimum Gasteiger partial charge on any atom is -0.481 e. The second-order valence-corrected chi connectivity index (χ2v) is 11.0. The molecule has 2 amide bonds. The molecule has 0 bridgehead atoms. The molecule has 0 radical (unpaired) electrons. The monoisotopic (exact) mass is 582 g/mol. The molecule has 3 rings (SSSR count). The average Bonchev–Trinajstić information content (AvgIpc) is 3.13. The van der Waals surface area contributed by atoms with E-state index in [1.54, 1.807) is 32.9 Å². The Hall–Kier alpha value is -3.60. The van der Waals surface area contributed by atoms with Crippen LogP contribution in [0.25, 0.3) is 0 Å². The predicted molar refractivity (Wildman–Crippen MR) is 141 cm³/mol. The van der Waals surface area contributed by atoms with Crippen molar-refractivity contribution >= 4 is 41.0 Å². The van der Waals surface area contributed by atoms with Crippen molar-refractivity contribution < 1.29 is 42.2 Å². The summed E-state index contributed by atoms with van der Waals surface area (Å²) in [5.74, 6) is -3.61. The summed E-state index contributed by atoms with van der Waals surface area (Å²) in [5.41, 5.74) is -2.47. The smallest absolute Gasteiger partial charge is 0.416 e. The maximum atomic E-state index is 13.2. The van der Waals surface area contributed by atoms with E-state index in [0.29, 0.717) is 24.5 Å². The first-order chi connectivity index (χ1) is 18.5. The Morgan fingerprint density at radius 1 is 1.10 bits per heavy atom. The van der Waals surface area contributed by atoms with Gasteiger partial charge in [-0.1, -0.05) is 37.6 Å². The van der Waals surface area contributed by atoms with Gasteiger partial charge in [-0.05, 0) is 61.1 Å². The lowest BCUT2D eigenvalue weighted by Gasteiger charge is -2.38. The molecule has 2 aromatic carbocycles. The van der Waals surface area contributed by atoms with Crippen LogP contribution >= 0.6 is 11.6 Å². The second kappa shape index (κ2) is 11.5. The van der Waals surface area contributed by atoms with Crippen LogP contribution in [0.15, 0.2) is 42.5 Å². The van der Waals surface area contributed by atoms with Crippen molar-refractivity contribution in [2.45, 2.75) is 52.3 Å². The van der Waals surface area contributed by atoms with E-state index in [1.807, 2.05) is 0 Å². The Balaban J connectivity index is 1.71. The van der Waals surface area contributed by atoms with Crippen LogP contribution in [0.4, 0.5) is 18.9 Å². The zero-order chi connectivity index (χ0) is 30.0. The summed E-state index contributed by atoms with van der Waals surface area (Å²) in [6.45, 7) is 5.07. The summed E-state index contributed by atoms with van der Waals surface area (Å²) in [6.07, 6.45) is -3.94. The quantitative estimate of drug-likeness (QED) is 0.361. The first-order valence-electron chi connectivity index (χ1n) is 12.4. The summed E-state index contributed by atoms with van der Waals surface area (Å²) in [7, 11) is 1.18. The highest BCUT2D eigenvalue weighted by molar-refractivity contribution is 6.34. The van der Waals surface area contributed by atoms with Crippen molar-refractivity contribution in [2.75, 3.05) is 12.4 Å². The highest BCUT2D eigenvalue weighted by Gasteiger charge is 2.58. The maximum Gasteiger partial charge on any atom is 0.416 e. The van der Waals surface area contributed by atoms with Gasteiger partial charge < -0.3 is 20.5 Å². The number of rotatable bonds is 8. The van der Waals surface area contributed by atoms with E-state index in [-0.39, 0.29) is 22.7 Å². The Morgan fingerprint density at radius 2 is 1.73 bits per heavy atom. The molecular weight excluding hydrogens is 553 g/mol. The SMILES string of the molecule is COC(=O)C(Cc1ccc(NC(=O)c2cc(C(F)(F)F)ccc2Cl)cc1)NC(=O)[C@H]1CC[C@@](C)(C(=O)O)C1(C)C. The highest BCUT2D eigenvalue weighted by atomic mass is 35.5. The standard InChI is InChI=1S/C28H30ClF3N2O6/c1-26(2)19(11-12-27(26,3)25(38)39)23(36)34-21(24(37)40-4)13-15-5-8-17(9-6-15)33-22(35)18-14-16(28(30,31)32)7-10-20(18)29/h5-10,14,19,21H,11-13H2,1-4H3,(H,33,35)(H,34,36)(H,38,39)/t19-,21?,27+/m1/s1. The number of hydrogen-bond acceptors (Lipinski definition) is 5. The number of carboxylic acids is 1. The summed E-state index contributed by atoms with van der Waals surface area (Å²) in [4.78, 5) is 50.1. The van der Waals surface area contributed by atoms with Crippen molar-refractivity contribution in [2.24, 2.45) is 16.7 Å². The van der Waals surface area contributed by atoms with Gasteiger partial charge in [0.25, 0.3) is 5.91 Å². The molecule has 0 spiro atoms. The second-order valence-electron chi connectivity index (χ2n) is 10.6. The Bertz CT molecular complexity index is 1310. The molecular formula is C28H30ClF3N2O6. The molecule has 2 aromatic rings. The topological polar surface area (TPSA) is 122 Å². The van der Waals surface area contributed by atoms with Crippen molar-refractivity contribution in [3.8, 4) is 0 Å². The third kappa shape index (κ3) is 6.24. The minimum absolute atomic E-state index is 0.0371. The average molecular weight is 583 g/mol. The van der Waals surface area contributed by atoms with Crippen LogP contribution in [0.2, 0.25) is 5.02 Å². The number of aliphatic carboxylic acids is 1. The molecule has 1 saturated carbocycles. The summed E-state index contributed by atoms with van der Waals surface area (Å²) < 4.78 is 44.0. The van der Waals surface area contributed by atoms with Gasteiger partial charge in [0.05, 0.1) is 28.7 Å². The number of halogens is 4. The molecule has 0 heterocycles. The zero-order valence-electron chi connectivity index (χ0n) is 22.3. The van der Waals surface area contributed by atoms with E-state index in [0.717, 1.165) is 12.1 Å². The van der Waals surface area contributed by atoms with Crippen molar-refractivity contribution in [1.29, 1.82) is 0 Å². The Kier molecular flexibility index (Phi) is 8.88. The van der Waals surface area contributed by atoms with E-state index in [4.69, 9.17) is 16.3 Å². The normalized spacial score (nSPS) is 20.9. The first kappa shape index (κ1) is 30.9. The molecule has 0 aromatic heterocycles. The van der Waals surface area contributed by atoms with Gasteiger partial charge in [-0.3, -0.25) is 14.4 Å². The van der Waals surface area contributed by atoms with E-state index in [1.165, 1.54) is 19.2 Å². The lowest BCUT2D eigenvalue weighted by Crippen LogP contribution is -2.50. The molecule has 3 atom stereocenters. The Morgan fingerprint density at radius 3 is 2.25 bits per heavy atom.